The molecule has 1 fully saturated rings. The summed E-state index contributed by atoms with van der Waals surface area (Å²) in [6.45, 7) is 7.51. The van der Waals surface area contributed by atoms with Crippen LogP contribution in [0.1, 0.15) is 33.6 Å². The van der Waals surface area contributed by atoms with Crippen molar-refractivity contribution >= 4 is 21.8 Å². The molecule has 4 heteroatoms. The molecule has 0 bridgehead atoms. The van der Waals surface area contributed by atoms with Crippen molar-refractivity contribution in [3.05, 3.63) is 0 Å². The lowest BCUT2D eigenvalue weighted by atomic mass is 9.89. The monoisotopic (exact) mass is 277 g/mol. The van der Waals surface area contributed by atoms with E-state index in [0.29, 0.717) is 6.54 Å². The molecule has 1 N–H and O–H groups in total. The number of likely N-dealkylation sites (tertiary alicyclic amines) is 1. The van der Waals surface area contributed by atoms with E-state index >= 15 is 0 Å². The quantitative estimate of drug-likeness (QED) is 0.799. The number of rotatable bonds is 3. The standard InChI is InChI=1S/C11H20BrNO2/c1-11(2,3)6-8(14)7-13-5-4-9(12)10(13)15/h8-9,14H,4-7H2,1-3H3. The summed E-state index contributed by atoms with van der Waals surface area (Å²) in [5, 5.41) is 9.84. The second-order valence-corrected chi connectivity index (χ2v) is 6.56. The van der Waals surface area contributed by atoms with Crippen LogP contribution in [-0.2, 0) is 4.79 Å². The molecule has 2 unspecified atom stereocenters. The number of carbonyl (C=O) groups is 1. The number of amides is 1. The number of hydrogen-bond donors (Lipinski definition) is 1. The van der Waals surface area contributed by atoms with Crippen molar-refractivity contribution in [1.29, 1.82) is 0 Å². The lowest BCUT2D eigenvalue weighted by molar-refractivity contribution is -0.128. The number of hydrogen-bond acceptors (Lipinski definition) is 2. The third-order valence-corrected chi connectivity index (χ3v) is 3.36. The molecular weight excluding hydrogens is 258 g/mol. The van der Waals surface area contributed by atoms with Gasteiger partial charge in [-0.3, -0.25) is 4.79 Å². The van der Waals surface area contributed by atoms with Crippen molar-refractivity contribution in [2.75, 3.05) is 13.1 Å². The highest BCUT2D eigenvalue weighted by Crippen LogP contribution is 2.23. The molecule has 1 aliphatic heterocycles. The highest BCUT2D eigenvalue weighted by molar-refractivity contribution is 9.10. The van der Waals surface area contributed by atoms with E-state index in [9.17, 15) is 9.90 Å². The van der Waals surface area contributed by atoms with Gasteiger partial charge in [-0.1, -0.05) is 36.7 Å². The zero-order chi connectivity index (χ0) is 11.6. The Labute approximate surface area is 100.0 Å². The number of halogens is 1. The predicted octanol–water partition coefficient (Wildman–Crippen LogP) is 1.78. The zero-order valence-corrected chi connectivity index (χ0v) is 11.2. The number of carbonyl (C=O) groups excluding carboxylic acids is 1. The average Bonchev–Trinajstić information content (AvgIpc) is 2.32. The Morgan fingerprint density at radius 3 is 2.60 bits per heavy atom. The van der Waals surface area contributed by atoms with Crippen LogP contribution in [-0.4, -0.2) is 39.9 Å². The van der Waals surface area contributed by atoms with Gasteiger partial charge < -0.3 is 10.0 Å². The molecule has 0 aromatic heterocycles. The lowest BCUT2D eigenvalue weighted by Crippen LogP contribution is -2.36. The zero-order valence-electron chi connectivity index (χ0n) is 9.66. The fourth-order valence-corrected chi connectivity index (χ4v) is 2.40. The maximum atomic E-state index is 11.6. The van der Waals surface area contributed by atoms with Gasteiger partial charge in [0, 0.05) is 13.1 Å². The molecule has 0 aromatic rings. The summed E-state index contributed by atoms with van der Waals surface area (Å²) in [7, 11) is 0. The van der Waals surface area contributed by atoms with Crippen LogP contribution in [0.5, 0.6) is 0 Å². The first-order valence-corrected chi connectivity index (χ1v) is 6.32. The Balaban J connectivity index is 2.39. The molecule has 88 valence electrons. The lowest BCUT2D eigenvalue weighted by Gasteiger charge is -2.26. The molecule has 1 aliphatic rings. The minimum absolute atomic E-state index is 0.0423. The minimum atomic E-state index is -0.410. The number of nitrogens with zero attached hydrogens (tertiary/aromatic N) is 1. The van der Waals surface area contributed by atoms with Crippen LogP contribution in [0, 0.1) is 5.41 Å². The molecule has 0 aromatic carbocycles. The molecule has 1 amide bonds. The highest BCUT2D eigenvalue weighted by atomic mass is 79.9. The second-order valence-electron chi connectivity index (χ2n) is 5.46. The first kappa shape index (κ1) is 13.0. The largest absolute Gasteiger partial charge is 0.391 e. The van der Waals surface area contributed by atoms with Gasteiger partial charge in [-0.05, 0) is 18.3 Å². The van der Waals surface area contributed by atoms with Crippen LogP contribution < -0.4 is 0 Å². The summed E-state index contributed by atoms with van der Waals surface area (Å²) in [5.74, 6) is 0.114. The fourth-order valence-electron chi connectivity index (χ4n) is 1.91. The Kier molecular flexibility index (Phi) is 4.18. The van der Waals surface area contributed by atoms with Crippen LogP contribution in [0.25, 0.3) is 0 Å². The van der Waals surface area contributed by atoms with Crippen LogP contribution in [0.15, 0.2) is 0 Å². The van der Waals surface area contributed by atoms with Crippen molar-refractivity contribution in [1.82, 2.24) is 4.90 Å². The van der Waals surface area contributed by atoms with Gasteiger partial charge >= 0.3 is 0 Å². The van der Waals surface area contributed by atoms with E-state index in [1.165, 1.54) is 0 Å². The fraction of sp³-hybridized carbons (Fsp3) is 0.909. The molecule has 1 rings (SSSR count). The third kappa shape index (κ3) is 4.11. The van der Waals surface area contributed by atoms with E-state index in [-0.39, 0.29) is 16.1 Å². The van der Waals surface area contributed by atoms with Crippen LogP contribution in [0.4, 0.5) is 0 Å². The molecule has 0 saturated carbocycles. The number of aliphatic hydroxyl groups excluding tert-OH is 1. The van der Waals surface area contributed by atoms with Gasteiger partial charge in [0.05, 0.1) is 10.9 Å². The average molecular weight is 278 g/mol. The Morgan fingerprint density at radius 2 is 2.20 bits per heavy atom. The normalized spacial score (nSPS) is 24.7. The molecular formula is C11H20BrNO2. The van der Waals surface area contributed by atoms with Crippen molar-refractivity contribution in [2.45, 2.75) is 44.5 Å². The van der Waals surface area contributed by atoms with E-state index in [0.717, 1.165) is 19.4 Å². The van der Waals surface area contributed by atoms with Crippen LogP contribution in [0.3, 0.4) is 0 Å². The smallest absolute Gasteiger partial charge is 0.236 e. The van der Waals surface area contributed by atoms with Gasteiger partial charge in [-0.25, -0.2) is 0 Å². The van der Waals surface area contributed by atoms with Gasteiger partial charge in [-0.15, -0.1) is 0 Å². The molecule has 0 aliphatic carbocycles. The number of aliphatic hydroxyl groups is 1. The van der Waals surface area contributed by atoms with Gasteiger partial charge in [0.25, 0.3) is 0 Å². The first-order valence-electron chi connectivity index (χ1n) is 5.40. The Bertz CT molecular complexity index is 237. The van der Waals surface area contributed by atoms with E-state index in [1.54, 1.807) is 4.90 Å². The number of alkyl halides is 1. The van der Waals surface area contributed by atoms with Gasteiger partial charge in [0.15, 0.2) is 0 Å². The molecule has 0 spiro atoms. The molecule has 3 nitrogen and oxygen atoms in total. The highest BCUT2D eigenvalue weighted by Gasteiger charge is 2.31. The molecule has 1 heterocycles. The second kappa shape index (κ2) is 4.83. The SMILES string of the molecule is CC(C)(C)CC(O)CN1CCC(Br)C1=O. The summed E-state index contributed by atoms with van der Waals surface area (Å²) in [4.78, 5) is 13.3. The summed E-state index contributed by atoms with van der Waals surface area (Å²) in [5.41, 5.74) is 0.107. The maximum Gasteiger partial charge on any atom is 0.236 e. The number of β-amino-alcohol motifs (C(OH)–C–C–N with tert-alkyl or cyclic N) is 1. The van der Waals surface area contributed by atoms with E-state index in [1.807, 2.05) is 0 Å². The minimum Gasteiger partial charge on any atom is -0.391 e. The van der Waals surface area contributed by atoms with E-state index in [4.69, 9.17) is 0 Å². The van der Waals surface area contributed by atoms with Gasteiger partial charge in [0.1, 0.15) is 0 Å². The summed E-state index contributed by atoms with van der Waals surface area (Å²) < 4.78 is 0. The topological polar surface area (TPSA) is 40.5 Å². The van der Waals surface area contributed by atoms with Crippen LogP contribution in [0.2, 0.25) is 0 Å². The van der Waals surface area contributed by atoms with Crippen molar-refractivity contribution < 1.29 is 9.90 Å². The van der Waals surface area contributed by atoms with Crippen LogP contribution >= 0.6 is 15.9 Å². The van der Waals surface area contributed by atoms with E-state index in [2.05, 4.69) is 36.7 Å². The summed E-state index contributed by atoms with van der Waals surface area (Å²) in [6.07, 6.45) is 1.16. The Morgan fingerprint density at radius 1 is 1.60 bits per heavy atom. The van der Waals surface area contributed by atoms with Crippen molar-refractivity contribution in [3.63, 3.8) is 0 Å². The molecule has 2 atom stereocenters. The summed E-state index contributed by atoms with van der Waals surface area (Å²) in [6, 6.07) is 0. The first-order chi connectivity index (χ1) is 6.79. The third-order valence-electron chi connectivity index (χ3n) is 2.51. The maximum absolute atomic E-state index is 11.6. The van der Waals surface area contributed by atoms with Crippen molar-refractivity contribution in [3.8, 4) is 0 Å². The summed E-state index contributed by atoms with van der Waals surface area (Å²) >= 11 is 3.32. The molecule has 15 heavy (non-hydrogen) atoms. The molecule has 0 radical (unpaired) electrons. The van der Waals surface area contributed by atoms with Gasteiger partial charge in [0.2, 0.25) is 5.91 Å². The molecule has 1 saturated heterocycles. The predicted molar refractivity (Wildman–Crippen MR) is 64.0 cm³/mol. The Hall–Kier alpha value is -0.0900. The van der Waals surface area contributed by atoms with Crippen molar-refractivity contribution in [2.24, 2.45) is 5.41 Å². The van der Waals surface area contributed by atoms with E-state index < -0.39 is 6.10 Å². The van der Waals surface area contributed by atoms with Gasteiger partial charge in [-0.2, -0.15) is 0 Å².